The fourth-order valence-electron chi connectivity index (χ4n) is 2.77. The van der Waals surface area contributed by atoms with Crippen molar-refractivity contribution in [3.05, 3.63) is 48.0 Å². The summed E-state index contributed by atoms with van der Waals surface area (Å²) in [6, 6.07) is 10.5. The molecular formula is C16H18O2Se. The van der Waals surface area contributed by atoms with E-state index >= 15 is 0 Å². The zero-order valence-electron chi connectivity index (χ0n) is 11.2. The van der Waals surface area contributed by atoms with Gasteiger partial charge in [-0.15, -0.1) is 0 Å². The maximum absolute atomic E-state index is 12.3. The van der Waals surface area contributed by atoms with Gasteiger partial charge in [0.2, 0.25) is 0 Å². The molecule has 1 fully saturated rings. The monoisotopic (exact) mass is 322 g/mol. The summed E-state index contributed by atoms with van der Waals surface area (Å²) in [5, 5.41) is 1.01. The first-order chi connectivity index (χ1) is 9.12. The van der Waals surface area contributed by atoms with Gasteiger partial charge in [0.1, 0.15) is 0 Å². The summed E-state index contributed by atoms with van der Waals surface area (Å²) in [5.74, 6) is 0.354. The van der Waals surface area contributed by atoms with Crippen molar-refractivity contribution >= 4 is 20.7 Å². The van der Waals surface area contributed by atoms with E-state index < -0.39 is 0 Å². The Bertz CT molecular complexity index is 511. The van der Waals surface area contributed by atoms with Gasteiger partial charge >= 0.3 is 120 Å². The molecule has 0 radical (unpaired) electrons. The number of ether oxygens (including phenoxy) is 1. The minimum atomic E-state index is -0.308. The van der Waals surface area contributed by atoms with Crippen LogP contribution in [0.15, 0.2) is 42.5 Å². The van der Waals surface area contributed by atoms with Crippen molar-refractivity contribution < 1.29 is 9.53 Å². The van der Waals surface area contributed by atoms with E-state index in [4.69, 9.17) is 4.74 Å². The average Bonchev–Trinajstić information content (AvgIpc) is 2.86. The van der Waals surface area contributed by atoms with Crippen molar-refractivity contribution in [1.82, 2.24) is 0 Å². The fourth-order valence-corrected chi connectivity index (χ4v) is 5.50. The number of carbonyl (C=O) groups excluding carboxylic acids is 1. The summed E-state index contributed by atoms with van der Waals surface area (Å²) in [7, 11) is 0. The second-order valence-electron chi connectivity index (χ2n) is 5.35. The normalized spacial score (nSPS) is 36.7. The van der Waals surface area contributed by atoms with Gasteiger partial charge in [0.25, 0.3) is 0 Å². The van der Waals surface area contributed by atoms with E-state index in [2.05, 4.69) is 36.4 Å². The molecule has 19 heavy (non-hydrogen) atoms. The second kappa shape index (κ2) is 4.90. The fraction of sp³-hybridized carbons (Fsp3) is 0.438. The van der Waals surface area contributed by atoms with Gasteiger partial charge in [-0.1, -0.05) is 0 Å². The van der Waals surface area contributed by atoms with Crippen LogP contribution >= 0.6 is 0 Å². The van der Waals surface area contributed by atoms with Crippen molar-refractivity contribution in [3.8, 4) is 0 Å². The predicted molar refractivity (Wildman–Crippen MR) is 76.0 cm³/mol. The minimum absolute atomic E-state index is 0.00125. The molecule has 0 saturated carbocycles. The number of carbonyl (C=O) groups is 1. The summed E-state index contributed by atoms with van der Waals surface area (Å²) in [6.45, 7) is 4.00. The molecule has 0 aromatic heterocycles. The van der Waals surface area contributed by atoms with Crippen molar-refractivity contribution in [1.29, 1.82) is 0 Å². The van der Waals surface area contributed by atoms with Gasteiger partial charge in [0, 0.05) is 0 Å². The summed E-state index contributed by atoms with van der Waals surface area (Å²) in [6.07, 6.45) is 4.26. The Morgan fingerprint density at radius 3 is 2.74 bits per heavy atom. The van der Waals surface area contributed by atoms with E-state index in [-0.39, 0.29) is 37.4 Å². The van der Waals surface area contributed by atoms with Crippen molar-refractivity contribution in [2.75, 3.05) is 0 Å². The van der Waals surface area contributed by atoms with E-state index in [0.717, 1.165) is 5.32 Å². The van der Waals surface area contributed by atoms with Crippen molar-refractivity contribution in [3.63, 3.8) is 0 Å². The van der Waals surface area contributed by atoms with Crippen LogP contribution in [0.3, 0.4) is 0 Å². The van der Waals surface area contributed by atoms with Gasteiger partial charge in [-0.05, 0) is 0 Å². The first-order valence-electron chi connectivity index (χ1n) is 6.71. The first kappa shape index (κ1) is 13.1. The molecule has 0 spiro atoms. The molecule has 2 aliphatic rings. The Kier molecular flexibility index (Phi) is 3.38. The van der Waals surface area contributed by atoms with E-state index in [0.29, 0.717) is 5.78 Å². The van der Waals surface area contributed by atoms with Crippen LogP contribution < -0.4 is 0 Å². The van der Waals surface area contributed by atoms with Crippen LogP contribution in [-0.2, 0) is 14.9 Å². The van der Waals surface area contributed by atoms with Crippen LogP contribution in [0.5, 0.6) is 0 Å². The number of ketones is 1. The molecule has 4 atom stereocenters. The zero-order valence-corrected chi connectivity index (χ0v) is 12.9. The maximum atomic E-state index is 12.3. The number of fused-ring (bicyclic) bond motifs is 2. The Hall–Kier alpha value is -0.891. The van der Waals surface area contributed by atoms with Crippen LogP contribution in [-0.4, -0.2) is 31.3 Å². The van der Waals surface area contributed by atoms with Crippen LogP contribution in [0.1, 0.15) is 19.4 Å². The SMILES string of the molecule is C[C@@H]1C(=O)[C@H](C)[C@@]2([Se]Cc3ccccc3)C=C[C@H]1O2. The van der Waals surface area contributed by atoms with E-state index in [1.165, 1.54) is 5.56 Å². The third-order valence-electron chi connectivity index (χ3n) is 4.12. The Morgan fingerprint density at radius 2 is 2.00 bits per heavy atom. The molecule has 0 N–H and O–H groups in total. The molecule has 0 amide bonds. The molecule has 1 aromatic carbocycles. The van der Waals surface area contributed by atoms with Crippen LogP contribution in [0.2, 0.25) is 0 Å². The average molecular weight is 321 g/mol. The van der Waals surface area contributed by atoms with E-state index in [9.17, 15) is 4.79 Å². The predicted octanol–water partition coefficient (Wildman–Crippen LogP) is 2.40. The number of rotatable bonds is 3. The molecule has 0 aliphatic carbocycles. The third kappa shape index (κ3) is 2.20. The molecule has 100 valence electrons. The molecule has 2 bridgehead atoms. The summed E-state index contributed by atoms with van der Waals surface area (Å²) >= 11 is 0.245. The van der Waals surface area contributed by atoms with E-state index in [1.54, 1.807) is 0 Å². The Morgan fingerprint density at radius 1 is 1.26 bits per heavy atom. The quantitative estimate of drug-likeness (QED) is 0.631. The molecule has 0 unspecified atom stereocenters. The van der Waals surface area contributed by atoms with Crippen molar-refractivity contribution in [2.45, 2.75) is 29.8 Å². The number of benzene rings is 1. The molecule has 1 aromatic rings. The van der Waals surface area contributed by atoms with Crippen LogP contribution in [0.4, 0.5) is 0 Å². The Balaban J connectivity index is 1.77. The van der Waals surface area contributed by atoms with Crippen LogP contribution in [0.25, 0.3) is 0 Å². The molecular weight excluding hydrogens is 303 g/mol. The van der Waals surface area contributed by atoms with Crippen molar-refractivity contribution in [2.24, 2.45) is 11.8 Å². The molecule has 1 saturated heterocycles. The number of Topliss-reactive ketones (excluding diaryl/α,β-unsaturated/α-hetero) is 1. The van der Waals surface area contributed by atoms with Crippen LogP contribution in [0, 0.1) is 11.8 Å². The summed E-state index contributed by atoms with van der Waals surface area (Å²) < 4.78 is 5.89. The third-order valence-corrected chi connectivity index (χ3v) is 7.30. The first-order valence-corrected chi connectivity index (χ1v) is 8.78. The van der Waals surface area contributed by atoms with Gasteiger partial charge in [0.15, 0.2) is 0 Å². The standard InChI is InChI=1S/C16H18O2Se/c1-11-14-8-9-16(18-14,12(2)15(11)17)19-10-13-6-4-3-5-7-13/h3-9,11-12,14H,10H2,1-2H3/t11-,12-,14+,16-/m0/s1. The van der Waals surface area contributed by atoms with Gasteiger partial charge in [0.05, 0.1) is 0 Å². The summed E-state index contributed by atoms with van der Waals surface area (Å²) in [4.78, 5) is 12.3. The molecule has 3 rings (SSSR count). The molecule has 2 heterocycles. The molecule has 3 heteroatoms. The molecule has 2 aliphatic heterocycles. The van der Waals surface area contributed by atoms with Gasteiger partial charge in [-0.2, -0.15) is 0 Å². The zero-order chi connectivity index (χ0) is 13.5. The van der Waals surface area contributed by atoms with Gasteiger partial charge in [-0.25, -0.2) is 0 Å². The topological polar surface area (TPSA) is 26.3 Å². The number of hydrogen-bond acceptors (Lipinski definition) is 2. The van der Waals surface area contributed by atoms with E-state index in [1.807, 2.05) is 19.9 Å². The van der Waals surface area contributed by atoms with Gasteiger partial charge < -0.3 is 0 Å². The van der Waals surface area contributed by atoms with Gasteiger partial charge in [-0.3, -0.25) is 0 Å². The summed E-state index contributed by atoms with van der Waals surface area (Å²) in [5.41, 5.74) is 1.33. The Labute approximate surface area is 120 Å². The second-order valence-corrected chi connectivity index (χ2v) is 7.90. The number of hydrogen-bond donors (Lipinski definition) is 0. The molecule has 2 nitrogen and oxygen atoms in total.